The number of rotatable bonds is 4. The van der Waals surface area contributed by atoms with Crippen molar-refractivity contribution in [2.75, 3.05) is 5.33 Å². The molecule has 0 amide bonds. The van der Waals surface area contributed by atoms with Gasteiger partial charge >= 0.3 is 0 Å². The van der Waals surface area contributed by atoms with Crippen molar-refractivity contribution in [2.24, 2.45) is 13.0 Å². The summed E-state index contributed by atoms with van der Waals surface area (Å²) < 4.78 is 28.7. The Labute approximate surface area is 116 Å². The van der Waals surface area contributed by atoms with Crippen LogP contribution in [0.15, 0.2) is 17.3 Å². The highest BCUT2D eigenvalue weighted by Gasteiger charge is 2.29. The monoisotopic (exact) mass is 335 g/mol. The van der Waals surface area contributed by atoms with Crippen molar-refractivity contribution in [1.82, 2.24) is 14.5 Å². The molecule has 1 saturated carbocycles. The average molecular weight is 336 g/mol. The van der Waals surface area contributed by atoms with Crippen LogP contribution in [0.1, 0.15) is 25.7 Å². The number of sulfonamides is 1. The first-order valence-corrected chi connectivity index (χ1v) is 8.70. The molecule has 0 aromatic carbocycles. The Hall–Kier alpha value is -0.400. The zero-order valence-corrected chi connectivity index (χ0v) is 12.7. The van der Waals surface area contributed by atoms with E-state index in [9.17, 15) is 8.42 Å². The van der Waals surface area contributed by atoms with Gasteiger partial charge in [0.15, 0.2) is 0 Å². The van der Waals surface area contributed by atoms with Crippen LogP contribution in [0, 0.1) is 5.92 Å². The molecule has 2 rings (SSSR count). The lowest BCUT2D eigenvalue weighted by atomic mass is 9.87. The van der Waals surface area contributed by atoms with Crippen molar-refractivity contribution in [3.8, 4) is 0 Å². The lowest BCUT2D eigenvalue weighted by molar-refractivity contribution is 0.316. The van der Waals surface area contributed by atoms with Crippen molar-refractivity contribution >= 4 is 26.0 Å². The Kier molecular flexibility index (Phi) is 4.45. The summed E-state index contributed by atoms with van der Waals surface area (Å²) >= 11 is 3.47. The third-order valence-electron chi connectivity index (χ3n) is 3.41. The molecule has 1 heterocycles. The van der Waals surface area contributed by atoms with E-state index in [0.717, 1.165) is 24.6 Å². The first-order valence-electron chi connectivity index (χ1n) is 6.10. The van der Waals surface area contributed by atoms with E-state index >= 15 is 0 Å². The molecule has 2 unspecified atom stereocenters. The largest absolute Gasteiger partial charge is 0.274 e. The summed E-state index contributed by atoms with van der Waals surface area (Å²) in [5, 5.41) is 4.74. The maximum absolute atomic E-state index is 12.2. The third-order valence-corrected chi connectivity index (χ3v) is 5.68. The number of alkyl halides is 1. The molecule has 1 N–H and O–H groups in total. The summed E-state index contributed by atoms with van der Waals surface area (Å²) in [6, 6.07) is 0.0309. The summed E-state index contributed by atoms with van der Waals surface area (Å²) in [7, 11) is -1.73. The molecule has 0 radical (unpaired) electrons. The highest BCUT2D eigenvalue weighted by molar-refractivity contribution is 9.09. The van der Waals surface area contributed by atoms with Crippen molar-refractivity contribution < 1.29 is 8.42 Å². The lowest BCUT2D eigenvalue weighted by Gasteiger charge is -2.30. The van der Waals surface area contributed by atoms with Gasteiger partial charge in [-0.05, 0) is 18.8 Å². The minimum atomic E-state index is -3.44. The quantitative estimate of drug-likeness (QED) is 0.851. The molecule has 7 heteroatoms. The fourth-order valence-corrected chi connectivity index (χ4v) is 4.45. The predicted octanol–water partition coefficient (Wildman–Crippen LogP) is 1.65. The number of nitrogens with one attached hydrogen (secondary N) is 1. The van der Waals surface area contributed by atoms with Gasteiger partial charge in [-0.3, -0.25) is 4.68 Å². The molecule has 5 nitrogen and oxygen atoms in total. The molecule has 1 aliphatic rings. The van der Waals surface area contributed by atoms with Crippen molar-refractivity contribution in [2.45, 2.75) is 36.6 Å². The van der Waals surface area contributed by atoms with Crippen LogP contribution in [0.25, 0.3) is 0 Å². The van der Waals surface area contributed by atoms with Crippen molar-refractivity contribution in [3.63, 3.8) is 0 Å². The first-order chi connectivity index (χ1) is 8.53. The van der Waals surface area contributed by atoms with E-state index < -0.39 is 10.0 Å². The molecule has 18 heavy (non-hydrogen) atoms. The molecule has 1 aromatic heterocycles. The first kappa shape index (κ1) is 14.0. The van der Waals surface area contributed by atoms with Crippen molar-refractivity contribution in [3.05, 3.63) is 12.4 Å². The predicted molar refractivity (Wildman–Crippen MR) is 73.1 cm³/mol. The summed E-state index contributed by atoms with van der Waals surface area (Å²) in [6.45, 7) is 0. The number of halogens is 1. The zero-order chi connectivity index (χ0) is 13.2. The summed E-state index contributed by atoms with van der Waals surface area (Å²) in [4.78, 5) is 0.240. The molecule has 0 bridgehead atoms. The van der Waals surface area contributed by atoms with Crippen LogP contribution < -0.4 is 4.72 Å². The highest BCUT2D eigenvalue weighted by atomic mass is 79.9. The summed E-state index contributed by atoms with van der Waals surface area (Å²) in [5.74, 6) is 0.380. The normalized spacial score (nSPS) is 25.2. The molecular formula is C11H18BrN3O2S. The second kappa shape index (κ2) is 5.71. The molecule has 0 aliphatic heterocycles. The van der Waals surface area contributed by atoms with Crippen LogP contribution in [0.2, 0.25) is 0 Å². The van der Waals surface area contributed by atoms with Gasteiger partial charge in [0.2, 0.25) is 10.0 Å². The van der Waals surface area contributed by atoms with E-state index in [1.807, 2.05) is 0 Å². The maximum Gasteiger partial charge on any atom is 0.243 e. The van der Waals surface area contributed by atoms with Crippen LogP contribution in [-0.2, 0) is 17.1 Å². The minimum Gasteiger partial charge on any atom is -0.274 e. The fourth-order valence-electron chi connectivity index (χ4n) is 2.35. The topological polar surface area (TPSA) is 64.0 Å². The van der Waals surface area contributed by atoms with Gasteiger partial charge in [-0.1, -0.05) is 28.8 Å². The minimum absolute atomic E-state index is 0.0309. The van der Waals surface area contributed by atoms with Gasteiger partial charge in [0.25, 0.3) is 0 Å². The molecule has 1 fully saturated rings. The van der Waals surface area contributed by atoms with E-state index in [2.05, 4.69) is 25.8 Å². The second-order valence-corrected chi connectivity index (χ2v) is 7.14. The Bertz CT molecular complexity index is 500. The second-order valence-electron chi connectivity index (χ2n) is 4.78. The van der Waals surface area contributed by atoms with E-state index in [4.69, 9.17) is 0 Å². The van der Waals surface area contributed by atoms with Gasteiger partial charge in [0.1, 0.15) is 4.90 Å². The molecule has 1 aliphatic carbocycles. The fraction of sp³-hybridized carbons (Fsp3) is 0.727. The molecular weight excluding hydrogens is 318 g/mol. The average Bonchev–Trinajstić information content (AvgIpc) is 2.77. The third kappa shape index (κ3) is 3.13. The van der Waals surface area contributed by atoms with Crippen LogP contribution >= 0.6 is 15.9 Å². The van der Waals surface area contributed by atoms with Gasteiger partial charge in [-0.2, -0.15) is 5.10 Å². The zero-order valence-electron chi connectivity index (χ0n) is 10.3. The highest BCUT2D eigenvalue weighted by Crippen LogP contribution is 2.27. The Morgan fingerprint density at radius 2 is 2.22 bits per heavy atom. The Morgan fingerprint density at radius 3 is 2.83 bits per heavy atom. The summed E-state index contributed by atoms with van der Waals surface area (Å²) in [6.07, 6.45) is 7.16. The van der Waals surface area contributed by atoms with Gasteiger partial charge in [-0.25, -0.2) is 13.1 Å². The molecule has 102 valence electrons. The number of hydrogen-bond donors (Lipinski definition) is 1. The smallest absolute Gasteiger partial charge is 0.243 e. The number of aryl methyl sites for hydroxylation is 1. The number of nitrogens with zero attached hydrogens (tertiary/aromatic N) is 2. The van der Waals surface area contributed by atoms with Crippen molar-refractivity contribution in [1.29, 1.82) is 0 Å². The van der Waals surface area contributed by atoms with E-state index in [-0.39, 0.29) is 10.9 Å². The maximum atomic E-state index is 12.2. The lowest BCUT2D eigenvalue weighted by Crippen LogP contribution is -2.42. The Morgan fingerprint density at radius 1 is 1.50 bits per heavy atom. The molecule has 0 spiro atoms. The molecule has 2 atom stereocenters. The van der Waals surface area contributed by atoms with Crippen LogP contribution in [0.5, 0.6) is 0 Å². The number of aromatic nitrogens is 2. The standard InChI is InChI=1S/C11H18BrN3O2S/c1-15-8-10(7-13-15)18(16,17)14-11-5-3-2-4-9(11)6-12/h7-9,11,14H,2-6H2,1H3. The van der Waals surface area contributed by atoms with Gasteiger partial charge in [0, 0.05) is 24.6 Å². The molecule has 0 saturated heterocycles. The van der Waals surface area contributed by atoms with Crippen LogP contribution in [0.3, 0.4) is 0 Å². The Balaban J connectivity index is 2.12. The van der Waals surface area contributed by atoms with E-state index in [1.165, 1.54) is 23.5 Å². The van der Waals surface area contributed by atoms with Crippen LogP contribution in [-0.4, -0.2) is 29.6 Å². The van der Waals surface area contributed by atoms with E-state index in [1.54, 1.807) is 7.05 Å². The van der Waals surface area contributed by atoms with Gasteiger partial charge in [-0.15, -0.1) is 0 Å². The van der Waals surface area contributed by atoms with E-state index in [0.29, 0.717) is 5.92 Å². The van der Waals surface area contributed by atoms with Crippen LogP contribution in [0.4, 0.5) is 0 Å². The number of hydrogen-bond acceptors (Lipinski definition) is 3. The van der Waals surface area contributed by atoms with Gasteiger partial charge < -0.3 is 0 Å². The summed E-state index contributed by atoms with van der Waals surface area (Å²) in [5.41, 5.74) is 0. The SMILES string of the molecule is Cn1cc(S(=O)(=O)NC2CCCCC2CBr)cn1. The molecule has 1 aromatic rings. The van der Waals surface area contributed by atoms with Gasteiger partial charge in [0.05, 0.1) is 6.20 Å².